The molecule has 3 aromatic heterocycles. The molecule has 8 nitrogen and oxygen atoms in total. The average Bonchev–Trinajstić information content (AvgIpc) is 3.32. The summed E-state index contributed by atoms with van der Waals surface area (Å²) in [4.78, 5) is 27.0. The second kappa shape index (κ2) is 10.4. The van der Waals surface area contributed by atoms with Gasteiger partial charge >= 0.3 is 0 Å². The van der Waals surface area contributed by atoms with Crippen LogP contribution in [0.25, 0.3) is 22.0 Å². The average molecular weight is 496 g/mol. The second-order valence-corrected chi connectivity index (χ2v) is 10.5. The molecule has 0 radical (unpaired) electrons. The number of pyridine rings is 2. The van der Waals surface area contributed by atoms with Crippen LogP contribution in [0, 0.1) is 5.92 Å². The van der Waals surface area contributed by atoms with Gasteiger partial charge in [-0.1, -0.05) is 13.0 Å². The Morgan fingerprint density at radius 2 is 1.84 bits per heavy atom. The lowest BCUT2D eigenvalue weighted by Crippen LogP contribution is -2.36. The van der Waals surface area contributed by atoms with Crippen LogP contribution in [0.2, 0.25) is 0 Å². The number of hydrogen-bond acceptors (Lipinski definition) is 6. The number of piperidine rings is 1. The number of fused-ring (bicyclic) bond motifs is 1. The van der Waals surface area contributed by atoms with Gasteiger partial charge in [-0.05, 0) is 92.8 Å². The number of carbonyl (C=O) groups excluding carboxylic acids is 1. The standard InChI is InChI=1S/C29H33N7O/c1-20-6-11-36(12-7-20)18-21-13-23(17-30-16-21)22-3-4-27-26(14-22)28(34-33-27)29(37)32-24-5-8-31-25(15-24)19-35-9-2-10-35/h3-5,8,13-17,20H,2,6-7,9-12,18-19H2,1H3,(H,33,34)(H,31,32,37). The summed E-state index contributed by atoms with van der Waals surface area (Å²) in [6.07, 6.45) is 9.35. The van der Waals surface area contributed by atoms with Crippen molar-refractivity contribution in [2.75, 3.05) is 31.5 Å². The third-order valence-electron chi connectivity index (χ3n) is 7.60. The van der Waals surface area contributed by atoms with E-state index in [0.29, 0.717) is 5.69 Å². The minimum Gasteiger partial charge on any atom is -0.320 e. The predicted octanol–water partition coefficient (Wildman–Crippen LogP) is 4.71. The second-order valence-electron chi connectivity index (χ2n) is 10.5. The number of aromatic nitrogens is 4. The summed E-state index contributed by atoms with van der Waals surface area (Å²) in [5, 5.41) is 11.1. The lowest BCUT2D eigenvalue weighted by atomic mass is 9.98. The van der Waals surface area contributed by atoms with Gasteiger partial charge in [0.15, 0.2) is 5.69 Å². The molecule has 2 aliphatic rings. The van der Waals surface area contributed by atoms with Crippen molar-refractivity contribution in [1.82, 2.24) is 30.0 Å². The van der Waals surface area contributed by atoms with Crippen molar-refractivity contribution in [2.24, 2.45) is 5.92 Å². The van der Waals surface area contributed by atoms with E-state index in [1.807, 2.05) is 36.7 Å². The van der Waals surface area contributed by atoms with E-state index >= 15 is 0 Å². The Morgan fingerprint density at radius 1 is 1.00 bits per heavy atom. The highest BCUT2D eigenvalue weighted by atomic mass is 16.1. The van der Waals surface area contributed by atoms with Gasteiger partial charge < -0.3 is 5.32 Å². The summed E-state index contributed by atoms with van der Waals surface area (Å²) in [6, 6.07) is 12.0. The molecule has 6 rings (SSSR count). The first-order chi connectivity index (χ1) is 18.1. The zero-order chi connectivity index (χ0) is 25.2. The maximum absolute atomic E-state index is 13.2. The molecular formula is C29H33N7O. The van der Waals surface area contributed by atoms with Gasteiger partial charge in [0.1, 0.15) is 0 Å². The van der Waals surface area contributed by atoms with Gasteiger partial charge in [-0.2, -0.15) is 5.10 Å². The Morgan fingerprint density at radius 3 is 2.65 bits per heavy atom. The van der Waals surface area contributed by atoms with Gasteiger partial charge in [0.25, 0.3) is 5.91 Å². The number of likely N-dealkylation sites (tertiary alicyclic amines) is 2. The predicted molar refractivity (Wildman–Crippen MR) is 145 cm³/mol. The first-order valence-corrected chi connectivity index (χ1v) is 13.2. The SMILES string of the molecule is CC1CCN(Cc2cncc(-c3ccc4[nH]nc(C(=O)Nc5ccnc(CN6CCC6)c5)c4c3)c2)CC1. The van der Waals surface area contributed by atoms with Crippen molar-refractivity contribution in [3.63, 3.8) is 0 Å². The quantitative estimate of drug-likeness (QED) is 0.386. The number of anilines is 1. The van der Waals surface area contributed by atoms with Crippen LogP contribution in [0.15, 0.2) is 55.0 Å². The molecule has 1 aromatic carbocycles. The Hall–Kier alpha value is -3.62. The minimum atomic E-state index is -0.240. The highest BCUT2D eigenvalue weighted by Gasteiger charge is 2.19. The van der Waals surface area contributed by atoms with Crippen LogP contribution >= 0.6 is 0 Å². The molecule has 8 heteroatoms. The highest BCUT2D eigenvalue weighted by molar-refractivity contribution is 6.11. The molecule has 0 aliphatic carbocycles. The maximum Gasteiger partial charge on any atom is 0.276 e. The molecule has 1 amide bonds. The Bertz CT molecular complexity index is 1400. The number of benzene rings is 1. The molecule has 2 aliphatic heterocycles. The normalized spacial score (nSPS) is 17.1. The first-order valence-electron chi connectivity index (χ1n) is 13.2. The van der Waals surface area contributed by atoms with Crippen LogP contribution in [0.5, 0.6) is 0 Å². The zero-order valence-corrected chi connectivity index (χ0v) is 21.3. The fourth-order valence-electron chi connectivity index (χ4n) is 5.18. The van der Waals surface area contributed by atoms with Crippen molar-refractivity contribution in [3.8, 4) is 11.1 Å². The number of nitrogens with zero attached hydrogens (tertiary/aromatic N) is 5. The van der Waals surface area contributed by atoms with E-state index in [9.17, 15) is 4.79 Å². The maximum atomic E-state index is 13.2. The monoisotopic (exact) mass is 495 g/mol. The number of rotatable bonds is 7. The van der Waals surface area contributed by atoms with Gasteiger partial charge in [0.05, 0.1) is 11.2 Å². The molecule has 190 valence electrons. The van der Waals surface area contributed by atoms with Crippen LogP contribution in [0.1, 0.15) is 47.9 Å². The molecule has 37 heavy (non-hydrogen) atoms. The summed E-state index contributed by atoms with van der Waals surface area (Å²) in [5.74, 6) is 0.579. The topological polar surface area (TPSA) is 90.0 Å². The third-order valence-corrected chi connectivity index (χ3v) is 7.60. The van der Waals surface area contributed by atoms with Crippen molar-refractivity contribution in [1.29, 1.82) is 0 Å². The largest absolute Gasteiger partial charge is 0.320 e. The Balaban J connectivity index is 1.20. The molecule has 0 bridgehead atoms. The molecule has 0 unspecified atom stereocenters. The van der Waals surface area contributed by atoms with Crippen LogP contribution in [-0.4, -0.2) is 62.1 Å². The molecule has 0 spiro atoms. The van der Waals surface area contributed by atoms with Crippen molar-refractivity contribution < 1.29 is 4.79 Å². The smallest absolute Gasteiger partial charge is 0.276 e. The van der Waals surface area contributed by atoms with Gasteiger partial charge in [-0.3, -0.25) is 29.7 Å². The van der Waals surface area contributed by atoms with Crippen LogP contribution in [0.4, 0.5) is 5.69 Å². The van der Waals surface area contributed by atoms with E-state index in [-0.39, 0.29) is 5.91 Å². The van der Waals surface area contributed by atoms with E-state index in [4.69, 9.17) is 0 Å². The molecule has 2 fully saturated rings. The van der Waals surface area contributed by atoms with E-state index < -0.39 is 0 Å². The van der Waals surface area contributed by atoms with Crippen LogP contribution in [0.3, 0.4) is 0 Å². The van der Waals surface area contributed by atoms with Crippen molar-refractivity contribution in [2.45, 2.75) is 39.3 Å². The molecule has 0 atom stereocenters. The van der Waals surface area contributed by atoms with E-state index in [1.54, 1.807) is 6.20 Å². The summed E-state index contributed by atoms with van der Waals surface area (Å²) in [7, 11) is 0. The van der Waals surface area contributed by atoms with Crippen molar-refractivity contribution in [3.05, 3.63) is 71.9 Å². The number of hydrogen-bond donors (Lipinski definition) is 2. The molecule has 0 saturated carbocycles. The fraction of sp³-hybridized carbons (Fsp3) is 0.379. The third kappa shape index (κ3) is 5.40. The highest BCUT2D eigenvalue weighted by Crippen LogP contribution is 2.27. The van der Waals surface area contributed by atoms with Crippen molar-refractivity contribution >= 4 is 22.5 Å². The lowest BCUT2D eigenvalue weighted by Gasteiger charge is -2.30. The number of aromatic amines is 1. The van der Waals surface area contributed by atoms with Crippen LogP contribution < -0.4 is 5.32 Å². The molecular weight excluding hydrogens is 462 g/mol. The van der Waals surface area contributed by atoms with Gasteiger partial charge in [-0.15, -0.1) is 0 Å². The molecule has 2 saturated heterocycles. The zero-order valence-electron chi connectivity index (χ0n) is 21.3. The Kier molecular flexibility index (Phi) is 6.68. The summed E-state index contributed by atoms with van der Waals surface area (Å²) in [6.45, 7) is 8.56. The number of carbonyl (C=O) groups is 1. The number of nitrogens with one attached hydrogen (secondary N) is 2. The van der Waals surface area contributed by atoms with Gasteiger partial charge in [-0.25, -0.2) is 0 Å². The fourth-order valence-corrected chi connectivity index (χ4v) is 5.18. The van der Waals surface area contributed by atoms with E-state index in [0.717, 1.165) is 78.6 Å². The van der Waals surface area contributed by atoms with E-state index in [2.05, 4.69) is 54.3 Å². The van der Waals surface area contributed by atoms with E-state index in [1.165, 1.54) is 24.8 Å². The summed E-state index contributed by atoms with van der Waals surface area (Å²) < 4.78 is 0. The molecule has 5 heterocycles. The minimum absolute atomic E-state index is 0.240. The summed E-state index contributed by atoms with van der Waals surface area (Å²) >= 11 is 0. The lowest BCUT2D eigenvalue weighted by molar-refractivity contribution is 0.102. The molecule has 2 N–H and O–H groups in total. The molecule has 4 aromatic rings. The van der Waals surface area contributed by atoms with Gasteiger partial charge in [0.2, 0.25) is 0 Å². The van der Waals surface area contributed by atoms with Gasteiger partial charge in [0, 0.05) is 48.3 Å². The number of amides is 1. The van der Waals surface area contributed by atoms with Crippen LogP contribution in [-0.2, 0) is 13.1 Å². The first kappa shape index (κ1) is 23.8. The summed E-state index contributed by atoms with van der Waals surface area (Å²) in [5.41, 5.74) is 6.17. The number of H-pyrrole nitrogens is 1. The Labute approximate surface area is 217 Å².